The van der Waals surface area contributed by atoms with Gasteiger partial charge in [0.1, 0.15) is 0 Å². The molecule has 0 aromatic carbocycles. The second-order valence-electron chi connectivity index (χ2n) is 5.10. The predicted molar refractivity (Wildman–Crippen MR) is 67.0 cm³/mol. The lowest BCUT2D eigenvalue weighted by Gasteiger charge is -2.22. The Morgan fingerprint density at radius 1 is 1.33 bits per heavy atom. The Hall–Kier alpha value is -0.820. The van der Waals surface area contributed by atoms with Crippen LogP contribution in [-0.2, 0) is 9.84 Å². The molecule has 2 rings (SSSR count). The summed E-state index contributed by atoms with van der Waals surface area (Å²) in [7, 11) is -2.88. The van der Waals surface area contributed by atoms with Crippen molar-refractivity contribution in [3.8, 4) is 0 Å². The number of nitrogens with zero attached hydrogens (tertiary/aromatic N) is 1. The van der Waals surface area contributed by atoms with E-state index in [1.165, 1.54) is 0 Å². The van der Waals surface area contributed by atoms with Crippen LogP contribution in [0.4, 0.5) is 4.79 Å². The van der Waals surface area contributed by atoms with Gasteiger partial charge in [0.2, 0.25) is 0 Å². The molecule has 1 aliphatic heterocycles. The summed E-state index contributed by atoms with van der Waals surface area (Å²) in [6.45, 7) is 0.716. The van der Waals surface area contributed by atoms with Gasteiger partial charge < -0.3 is 15.3 Å². The molecule has 1 aliphatic carbocycles. The number of aliphatic hydroxyl groups is 1. The molecule has 0 aromatic heterocycles. The average molecular weight is 276 g/mol. The van der Waals surface area contributed by atoms with Crippen LogP contribution in [0.1, 0.15) is 19.3 Å². The molecule has 1 saturated heterocycles. The molecule has 2 N–H and O–H groups in total. The van der Waals surface area contributed by atoms with Gasteiger partial charge in [0.05, 0.1) is 18.1 Å². The standard InChI is InChI=1S/C11H20N2O4S/c14-5-4-13(10-1-2-10)11(15)12-7-9-3-6-18(16,17)8-9/h9-10,14H,1-8H2,(H,12,15)/t9-/m1/s1. The molecular weight excluding hydrogens is 256 g/mol. The van der Waals surface area contributed by atoms with E-state index in [0.29, 0.717) is 19.5 Å². The molecule has 0 unspecified atom stereocenters. The van der Waals surface area contributed by atoms with Crippen LogP contribution in [0.15, 0.2) is 0 Å². The lowest BCUT2D eigenvalue weighted by molar-refractivity contribution is 0.172. The van der Waals surface area contributed by atoms with Gasteiger partial charge in [0.25, 0.3) is 0 Å². The smallest absolute Gasteiger partial charge is 0.317 e. The first-order valence-corrected chi connectivity index (χ1v) is 8.20. The number of carbonyl (C=O) groups is 1. The largest absolute Gasteiger partial charge is 0.395 e. The molecule has 104 valence electrons. The van der Waals surface area contributed by atoms with Gasteiger partial charge in [-0.1, -0.05) is 0 Å². The SMILES string of the molecule is O=C(NC[C@H]1CCS(=O)(=O)C1)N(CCO)C1CC1. The Morgan fingerprint density at radius 2 is 2.06 bits per heavy atom. The lowest BCUT2D eigenvalue weighted by Crippen LogP contribution is -2.44. The minimum atomic E-state index is -2.88. The maximum atomic E-state index is 11.9. The topological polar surface area (TPSA) is 86.7 Å². The molecule has 0 radical (unpaired) electrons. The Kier molecular flexibility index (Phi) is 4.11. The number of nitrogens with one attached hydrogen (secondary N) is 1. The van der Waals surface area contributed by atoms with Crippen LogP contribution in [0, 0.1) is 5.92 Å². The Labute approximate surface area is 107 Å². The zero-order valence-corrected chi connectivity index (χ0v) is 11.2. The highest BCUT2D eigenvalue weighted by Crippen LogP contribution is 2.26. The number of rotatable bonds is 5. The van der Waals surface area contributed by atoms with Crippen LogP contribution >= 0.6 is 0 Å². The van der Waals surface area contributed by atoms with E-state index in [-0.39, 0.29) is 36.1 Å². The van der Waals surface area contributed by atoms with Gasteiger partial charge in [-0.2, -0.15) is 0 Å². The second kappa shape index (κ2) is 5.44. The van der Waals surface area contributed by atoms with Crippen LogP contribution < -0.4 is 5.32 Å². The fourth-order valence-corrected chi connectivity index (χ4v) is 4.17. The maximum absolute atomic E-state index is 11.9. The lowest BCUT2D eigenvalue weighted by atomic mass is 10.1. The van der Waals surface area contributed by atoms with Crippen LogP contribution in [0.3, 0.4) is 0 Å². The number of hydrogen-bond donors (Lipinski definition) is 2. The Balaban J connectivity index is 1.77. The number of urea groups is 1. The number of aliphatic hydroxyl groups excluding tert-OH is 1. The van der Waals surface area contributed by atoms with Gasteiger partial charge in [-0.25, -0.2) is 13.2 Å². The minimum Gasteiger partial charge on any atom is -0.395 e. The molecule has 0 spiro atoms. The van der Waals surface area contributed by atoms with Crippen LogP contribution in [0.5, 0.6) is 0 Å². The van der Waals surface area contributed by atoms with Crippen molar-refractivity contribution in [2.45, 2.75) is 25.3 Å². The summed E-state index contributed by atoms with van der Waals surface area (Å²) in [5, 5.41) is 11.7. The molecule has 1 atom stereocenters. The van der Waals surface area contributed by atoms with Crippen molar-refractivity contribution in [2.24, 2.45) is 5.92 Å². The monoisotopic (exact) mass is 276 g/mol. The zero-order valence-electron chi connectivity index (χ0n) is 10.3. The number of amides is 2. The Morgan fingerprint density at radius 3 is 2.56 bits per heavy atom. The van der Waals surface area contributed by atoms with Crippen molar-refractivity contribution in [1.29, 1.82) is 0 Å². The summed E-state index contributed by atoms with van der Waals surface area (Å²) in [6, 6.07) is 0.0697. The van der Waals surface area contributed by atoms with Gasteiger partial charge >= 0.3 is 6.03 Å². The van der Waals surface area contributed by atoms with E-state index in [9.17, 15) is 13.2 Å². The summed E-state index contributed by atoms with van der Waals surface area (Å²) < 4.78 is 22.6. The normalized spacial score (nSPS) is 25.9. The Bertz CT molecular complexity index is 405. The quantitative estimate of drug-likeness (QED) is 0.714. The van der Waals surface area contributed by atoms with Crippen molar-refractivity contribution in [3.05, 3.63) is 0 Å². The molecule has 1 heterocycles. The summed E-state index contributed by atoms with van der Waals surface area (Å²) in [6.07, 6.45) is 2.61. The molecule has 2 fully saturated rings. The van der Waals surface area contributed by atoms with E-state index < -0.39 is 9.84 Å². The molecule has 6 nitrogen and oxygen atoms in total. The van der Waals surface area contributed by atoms with Crippen molar-refractivity contribution in [1.82, 2.24) is 10.2 Å². The molecule has 1 saturated carbocycles. The van der Waals surface area contributed by atoms with Gasteiger partial charge in [0, 0.05) is 19.1 Å². The molecular formula is C11H20N2O4S. The van der Waals surface area contributed by atoms with Crippen molar-refractivity contribution < 1.29 is 18.3 Å². The van der Waals surface area contributed by atoms with E-state index in [2.05, 4.69) is 5.32 Å². The third-order valence-electron chi connectivity index (χ3n) is 3.46. The molecule has 0 aromatic rings. The fourth-order valence-electron chi connectivity index (χ4n) is 2.31. The first-order valence-electron chi connectivity index (χ1n) is 6.37. The first-order chi connectivity index (χ1) is 8.52. The van der Waals surface area contributed by atoms with E-state index >= 15 is 0 Å². The van der Waals surface area contributed by atoms with Crippen LogP contribution in [-0.4, -0.2) is 61.7 Å². The van der Waals surface area contributed by atoms with E-state index in [1.807, 2.05) is 0 Å². The zero-order chi connectivity index (χ0) is 13.2. The van der Waals surface area contributed by atoms with Crippen LogP contribution in [0.2, 0.25) is 0 Å². The van der Waals surface area contributed by atoms with Crippen LogP contribution in [0.25, 0.3) is 0 Å². The second-order valence-corrected chi connectivity index (χ2v) is 7.33. The summed E-state index contributed by atoms with van der Waals surface area (Å²) in [5.41, 5.74) is 0. The molecule has 2 amide bonds. The van der Waals surface area contributed by atoms with Crippen molar-refractivity contribution in [3.63, 3.8) is 0 Å². The molecule has 2 aliphatic rings. The highest BCUT2D eigenvalue weighted by Gasteiger charge is 2.33. The predicted octanol–water partition coefficient (Wildman–Crippen LogP) is -0.413. The van der Waals surface area contributed by atoms with Crippen molar-refractivity contribution in [2.75, 3.05) is 31.2 Å². The molecule has 18 heavy (non-hydrogen) atoms. The van der Waals surface area contributed by atoms with Gasteiger partial charge in [-0.05, 0) is 25.2 Å². The highest BCUT2D eigenvalue weighted by molar-refractivity contribution is 7.91. The van der Waals surface area contributed by atoms with Gasteiger partial charge in [-0.15, -0.1) is 0 Å². The minimum absolute atomic E-state index is 0.0362. The maximum Gasteiger partial charge on any atom is 0.317 e. The summed E-state index contributed by atoms with van der Waals surface area (Å²) >= 11 is 0. The molecule has 0 bridgehead atoms. The molecule has 7 heteroatoms. The number of sulfone groups is 1. The van der Waals surface area contributed by atoms with E-state index in [0.717, 1.165) is 12.8 Å². The average Bonchev–Trinajstić information content (AvgIpc) is 3.08. The van der Waals surface area contributed by atoms with Gasteiger partial charge in [-0.3, -0.25) is 0 Å². The van der Waals surface area contributed by atoms with Gasteiger partial charge in [0.15, 0.2) is 9.84 Å². The first kappa shape index (κ1) is 13.6. The summed E-state index contributed by atoms with van der Waals surface area (Å²) in [4.78, 5) is 13.5. The van der Waals surface area contributed by atoms with Crippen molar-refractivity contribution >= 4 is 15.9 Å². The van der Waals surface area contributed by atoms with E-state index in [4.69, 9.17) is 5.11 Å². The fraction of sp³-hybridized carbons (Fsp3) is 0.909. The summed E-state index contributed by atoms with van der Waals surface area (Å²) in [5.74, 6) is 0.446. The van der Waals surface area contributed by atoms with E-state index in [1.54, 1.807) is 4.90 Å². The highest BCUT2D eigenvalue weighted by atomic mass is 32.2. The number of hydrogen-bond acceptors (Lipinski definition) is 4. The third-order valence-corrected chi connectivity index (χ3v) is 5.30. The number of carbonyl (C=O) groups excluding carboxylic acids is 1. The third kappa shape index (κ3) is 3.58.